The monoisotopic (exact) mass is 255 g/mol. The van der Waals surface area contributed by atoms with Crippen LogP contribution in [-0.2, 0) is 0 Å². The number of halogens is 2. The largest absolute Gasteiger partial charge is 0.293 e. The van der Waals surface area contributed by atoms with Crippen LogP contribution in [0.15, 0.2) is 24.4 Å². The van der Waals surface area contributed by atoms with Gasteiger partial charge in [-0.1, -0.05) is 28.4 Å². The summed E-state index contributed by atoms with van der Waals surface area (Å²) in [7, 11) is 0. The van der Waals surface area contributed by atoms with Gasteiger partial charge in [-0.25, -0.2) is 4.68 Å². The van der Waals surface area contributed by atoms with Crippen molar-refractivity contribution < 1.29 is 4.79 Å². The molecule has 2 rings (SSSR count). The molecule has 0 N–H and O–H groups in total. The lowest BCUT2D eigenvalue weighted by Crippen LogP contribution is -2.05. The van der Waals surface area contributed by atoms with Crippen LogP contribution in [0.1, 0.15) is 17.4 Å². The van der Waals surface area contributed by atoms with Crippen LogP contribution in [-0.4, -0.2) is 20.8 Å². The van der Waals surface area contributed by atoms with Crippen LogP contribution < -0.4 is 0 Å². The fourth-order valence-corrected chi connectivity index (χ4v) is 1.84. The molecular weight excluding hydrogens is 249 g/mol. The number of nitrogens with zero attached hydrogens (tertiary/aromatic N) is 3. The summed E-state index contributed by atoms with van der Waals surface area (Å²) in [5.74, 6) is -0.124. The van der Waals surface area contributed by atoms with Crippen molar-refractivity contribution in [3.05, 3.63) is 40.1 Å². The molecule has 0 amide bonds. The highest BCUT2D eigenvalue weighted by atomic mass is 35.5. The molecule has 0 unspecified atom stereocenters. The van der Waals surface area contributed by atoms with Crippen molar-refractivity contribution in [2.24, 2.45) is 0 Å². The van der Waals surface area contributed by atoms with Crippen LogP contribution in [0, 0.1) is 0 Å². The molecular formula is C10H7Cl2N3O. The smallest absolute Gasteiger partial charge is 0.179 e. The minimum Gasteiger partial charge on any atom is -0.293 e. The first-order valence-corrected chi connectivity index (χ1v) is 5.21. The topological polar surface area (TPSA) is 47.8 Å². The quantitative estimate of drug-likeness (QED) is 0.776. The van der Waals surface area contributed by atoms with Gasteiger partial charge in [-0.2, -0.15) is 0 Å². The molecule has 0 atom stereocenters. The molecule has 0 aliphatic rings. The molecule has 16 heavy (non-hydrogen) atoms. The molecule has 6 heteroatoms. The number of ketones is 1. The van der Waals surface area contributed by atoms with Gasteiger partial charge in [-0.3, -0.25) is 4.79 Å². The van der Waals surface area contributed by atoms with E-state index >= 15 is 0 Å². The Hall–Kier alpha value is -1.39. The van der Waals surface area contributed by atoms with E-state index in [0.717, 1.165) is 0 Å². The SMILES string of the molecule is CC(=O)c1cnnn1-c1cc(Cl)cc(Cl)c1. The minimum absolute atomic E-state index is 0.124. The van der Waals surface area contributed by atoms with E-state index in [1.165, 1.54) is 17.8 Å². The molecule has 0 aliphatic carbocycles. The van der Waals surface area contributed by atoms with Crippen molar-refractivity contribution in [1.82, 2.24) is 15.0 Å². The summed E-state index contributed by atoms with van der Waals surface area (Å²) in [6, 6.07) is 4.93. The van der Waals surface area contributed by atoms with E-state index in [1.807, 2.05) is 0 Å². The standard InChI is InChI=1S/C10H7Cl2N3O/c1-6(16)10-5-13-14-15(10)9-3-7(11)2-8(12)4-9/h2-5H,1H3. The number of aromatic nitrogens is 3. The molecule has 0 saturated carbocycles. The van der Waals surface area contributed by atoms with Gasteiger partial charge in [0.05, 0.1) is 11.9 Å². The van der Waals surface area contributed by atoms with Crippen molar-refractivity contribution >= 4 is 29.0 Å². The van der Waals surface area contributed by atoms with Crippen LogP contribution >= 0.6 is 23.2 Å². The van der Waals surface area contributed by atoms with Crippen molar-refractivity contribution in [1.29, 1.82) is 0 Å². The Kier molecular flexibility index (Phi) is 2.94. The van der Waals surface area contributed by atoms with Gasteiger partial charge in [-0.15, -0.1) is 5.10 Å². The second-order valence-corrected chi connectivity index (χ2v) is 4.09. The molecule has 1 aromatic heterocycles. The van der Waals surface area contributed by atoms with E-state index in [4.69, 9.17) is 23.2 Å². The average molecular weight is 256 g/mol. The number of hydrogen-bond donors (Lipinski definition) is 0. The Morgan fingerprint density at radius 2 is 1.88 bits per heavy atom. The molecule has 0 aliphatic heterocycles. The Morgan fingerprint density at radius 1 is 1.25 bits per heavy atom. The fourth-order valence-electron chi connectivity index (χ4n) is 1.33. The molecule has 0 radical (unpaired) electrons. The second-order valence-electron chi connectivity index (χ2n) is 3.21. The highest BCUT2D eigenvalue weighted by molar-refractivity contribution is 6.34. The van der Waals surface area contributed by atoms with E-state index < -0.39 is 0 Å². The van der Waals surface area contributed by atoms with E-state index in [-0.39, 0.29) is 5.78 Å². The Balaban J connectivity index is 2.58. The lowest BCUT2D eigenvalue weighted by Gasteiger charge is -2.04. The fraction of sp³-hybridized carbons (Fsp3) is 0.100. The van der Waals surface area contributed by atoms with E-state index in [0.29, 0.717) is 21.4 Å². The average Bonchev–Trinajstić information content (AvgIpc) is 2.63. The van der Waals surface area contributed by atoms with Crippen LogP contribution in [0.3, 0.4) is 0 Å². The Labute approximate surface area is 102 Å². The third kappa shape index (κ3) is 2.08. The van der Waals surface area contributed by atoms with Crippen molar-refractivity contribution in [2.75, 3.05) is 0 Å². The summed E-state index contributed by atoms with van der Waals surface area (Å²) in [5.41, 5.74) is 0.999. The van der Waals surface area contributed by atoms with E-state index in [9.17, 15) is 4.79 Å². The van der Waals surface area contributed by atoms with Crippen LogP contribution in [0.5, 0.6) is 0 Å². The number of benzene rings is 1. The predicted octanol–water partition coefficient (Wildman–Crippen LogP) is 2.78. The minimum atomic E-state index is -0.124. The van der Waals surface area contributed by atoms with Crippen LogP contribution in [0.2, 0.25) is 10.0 Å². The lowest BCUT2D eigenvalue weighted by atomic mass is 10.3. The summed E-state index contributed by atoms with van der Waals surface area (Å²) >= 11 is 11.7. The zero-order valence-electron chi connectivity index (χ0n) is 8.32. The zero-order chi connectivity index (χ0) is 11.7. The summed E-state index contributed by atoms with van der Waals surface area (Å²) in [6.07, 6.45) is 1.40. The van der Waals surface area contributed by atoms with Crippen molar-refractivity contribution in [3.63, 3.8) is 0 Å². The third-order valence-electron chi connectivity index (χ3n) is 2.00. The molecule has 2 aromatic rings. The number of rotatable bonds is 2. The molecule has 0 spiro atoms. The maximum absolute atomic E-state index is 11.3. The van der Waals surface area contributed by atoms with Crippen molar-refractivity contribution in [2.45, 2.75) is 6.92 Å². The van der Waals surface area contributed by atoms with Gasteiger partial charge < -0.3 is 0 Å². The zero-order valence-corrected chi connectivity index (χ0v) is 9.83. The highest BCUT2D eigenvalue weighted by Gasteiger charge is 2.11. The second kappa shape index (κ2) is 4.23. The van der Waals surface area contributed by atoms with Gasteiger partial charge in [0.2, 0.25) is 0 Å². The number of hydrogen-bond acceptors (Lipinski definition) is 3. The van der Waals surface area contributed by atoms with Crippen LogP contribution in [0.25, 0.3) is 5.69 Å². The maximum atomic E-state index is 11.3. The molecule has 1 aromatic carbocycles. The highest BCUT2D eigenvalue weighted by Crippen LogP contribution is 2.22. The Bertz CT molecular complexity index is 530. The molecule has 0 fully saturated rings. The summed E-state index contributed by atoms with van der Waals surface area (Å²) in [6.45, 7) is 1.45. The Morgan fingerprint density at radius 3 is 2.44 bits per heavy atom. The number of Topliss-reactive ketones (excluding diaryl/α,β-unsaturated/α-hetero) is 1. The van der Waals surface area contributed by atoms with Gasteiger partial charge in [0.15, 0.2) is 5.78 Å². The molecule has 1 heterocycles. The van der Waals surface area contributed by atoms with Gasteiger partial charge in [0.1, 0.15) is 5.69 Å². The molecule has 0 saturated heterocycles. The van der Waals surface area contributed by atoms with Gasteiger partial charge in [-0.05, 0) is 18.2 Å². The maximum Gasteiger partial charge on any atom is 0.179 e. The lowest BCUT2D eigenvalue weighted by molar-refractivity contribution is 0.101. The number of carbonyl (C=O) groups is 1. The summed E-state index contributed by atoms with van der Waals surface area (Å²) in [5, 5.41) is 8.46. The first kappa shape index (κ1) is 11.1. The van der Waals surface area contributed by atoms with E-state index in [2.05, 4.69) is 10.3 Å². The van der Waals surface area contributed by atoms with Gasteiger partial charge >= 0.3 is 0 Å². The summed E-state index contributed by atoms with van der Waals surface area (Å²) < 4.78 is 1.40. The first-order chi connectivity index (χ1) is 7.58. The normalized spacial score (nSPS) is 10.4. The molecule has 0 bridgehead atoms. The van der Waals surface area contributed by atoms with Crippen LogP contribution in [0.4, 0.5) is 0 Å². The van der Waals surface area contributed by atoms with Gasteiger partial charge in [0.25, 0.3) is 0 Å². The van der Waals surface area contributed by atoms with E-state index in [1.54, 1.807) is 18.2 Å². The first-order valence-electron chi connectivity index (χ1n) is 4.46. The molecule has 4 nitrogen and oxygen atoms in total. The predicted molar refractivity (Wildman–Crippen MR) is 61.4 cm³/mol. The van der Waals surface area contributed by atoms with Gasteiger partial charge in [0, 0.05) is 17.0 Å². The summed E-state index contributed by atoms with van der Waals surface area (Å²) in [4.78, 5) is 11.3. The molecule has 82 valence electrons. The third-order valence-corrected chi connectivity index (χ3v) is 2.44. The number of carbonyl (C=O) groups excluding carboxylic acids is 1. The van der Waals surface area contributed by atoms with Crippen molar-refractivity contribution in [3.8, 4) is 5.69 Å².